The quantitative estimate of drug-likeness (QED) is 0.674. The molecule has 1 N–H and O–H groups in total. The van der Waals surface area contributed by atoms with Gasteiger partial charge in [-0.05, 0) is 32.6 Å². The van der Waals surface area contributed by atoms with Crippen molar-refractivity contribution >= 4 is 11.8 Å². The van der Waals surface area contributed by atoms with E-state index in [1.807, 2.05) is 13.8 Å². The van der Waals surface area contributed by atoms with Crippen LogP contribution in [0.15, 0.2) is 17.2 Å². The Labute approximate surface area is 173 Å². The molecule has 1 aromatic rings. The van der Waals surface area contributed by atoms with E-state index in [4.69, 9.17) is 4.74 Å². The minimum Gasteiger partial charge on any atom is -0.377 e. The summed E-state index contributed by atoms with van der Waals surface area (Å²) in [5.41, 5.74) is -0.406. The van der Waals surface area contributed by atoms with Gasteiger partial charge in [0.2, 0.25) is 5.43 Å². The highest BCUT2D eigenvalue weighted by Gasteiger charge is 2.24. The van der Waals surface area contributed by atoms with Gasteiger partial charge in [-0.1, -0.05) is 26.7 Å². The average Bonchev–Trinajstić information content (AvgIpc) is 2.94. The monoisotopic (exact) mass is 405 g/mol. The first-order valence-corrected chi connectivity index (χ1v) is 10.7. The predicted molar refractivity (Wildman–Crippen MR) is 113 cm³/mol. The maximum Gasteiger partial charge on any atom is 0.259 e. The van der Waals surface area contributed by atoms with E-state index >= 15 is 0 Å². The number of nitrogens with zero attached hydrogens (tertiary/aromatic N) is 2. The molecule has 0 saturated carbocycles. The van der Waals surface area contributed by atoms with E-state index < -0.39 is 11.3 Å². The Morgan fingerprint density at radius 2 is 1.66 bits per heavy atom. The number of carbonyl (C=O) groups is 2. The largest absolute Gasteiger partial charge is 0.377 e. The van der Waals surface area contributed by atoms with Crippen LogP contribution in [0.3, 0.4) is 0 Å². The summed E-state index contributed by atoms with van der Waals surface area (Å²) >= 11 is 0. The van der Waals surface area contributed by atoms with Gasteiger partial charge in [0.05, 0.1) is 12.7 Å². The Balaban J connectivity index is 2.27. The normalized spacial score (nSPS) is 14.9. The van der Waals surface area contributed by atoms with E-state index in [1.165, 1.54) is 0 Å². The Kier molecular flexibility index (Phi) is 8.89. The molecule has 162 valence electrons. The highest BCUT2D eigenvalue weighted by Crippen LogP contribution is 2.13. The molecule has 1 aromatic heterocycles. The first-order chi connectivity index (χ1) is 13.8. The summed E-state index contributed by atoms with van der Waals surface area (Å²) in [6.07, 6.45) is 7.33. The van der Waals surface area contributed by atoms with E-state index in [0.717, 1.165) is 25.7 Å². The van der Waals surface area contributed by atoms with Crippen molar-refractivity contribution in [1.29, 1.82) is 0 Å². The number of likely N-dealkylation sites (tertiary alicyclic amines) is 1. The molecule has 2 amide bonds. The van der Waals surface area contributed by atoms with E-state index in [-0.39, 0.29) is 23.1 Å². The Bertz CT molecular complexity index is 747. The molecule has 0 atom stereocenters. The first kappa shape index (κ1) is 23.1. The first-order valence-electron chi connectivity index (χ1n) is 10.7. The number of hydrogen-bond acceptors (Lipinski definition) is 4. The number of nitrogens with one attached hydrogen (secondary N) is 1. The zero-order valence-corrected chi connectivity index (χ0v) is 18.2. The number of rotatable bonds is 8. The summed E-state index contributed by atoms with van der Waals surface area (Å²) < 4.78 is 7.22. The molecule has 1 saturated heterocycles. The lowest BCUT2D eigenvalue weighted by Gasteiger charge is -2.21. The standard InChI is InChI=1S/C22H35N3O4/c1-16(2)13-24-14-18(21(27)23-9-12-29-17(3)4)20(26)19(15-24)22(28)25-10-7-5-6-8-11-25/h14-17H,5-13H2,1-4H3,(H,23,27). The molecule has 7 heteroatoms. The smallest absolute Gasteiger partial charge is 0.259 e. The van der Waals surface area contributed by atoms with Gasteiger partial charge in [-0.25, -0.2) is 0 Å². The maximum atomic E-state index is 13.1. The van der Waals surface area contributed by atoms with Crippen LogP contribution >= 0.6 is 0 Å². The molecular weight excluding hydrogens is 370 g/mol. The minimum atomic E-state index is -0.499. The zero-order chi connectivity index (χ0) is 21.4. The Morgan fingerprint density at radius 1 is 1.03 bits per heavy atom. The molecule has 1 aliphatic rings. The van der Waals surface area contributed by atoms with Crippen LogP contribution in [-0.4, -0.2) is 53.6 Å². The van der Waals surface area contributed by atoms with Crippen LogP contribution in [0.25, 0.3) is 0 Å². The summed E-state index contributed by atoms with van der Waals surface area (Å²) in [5, 5.41) is 2.73. The van der Waals surface area contributed by atoms with Gasteiger partial charge in [0, 0.05) is 38.6 Å². The summed E-state index contributed by atoms with van der Waals surface area (Å²) in [6.45, 7) is 10.6. The van der Waals surface area contributed by atoms with Gasteiger partial charge in [0.1, 0.15) is 11.1 Å². The van der Waals surface area contributed by atoms with Gasteiger partial charge in [-0.15, -0.1) is 0 Å². The van der Waals surface area contributed by atoms with E-state index in [9.17, 15) is 14.4 Å². The SMILES string of the molecule is CC(C)Cn1cc(C(=O)NCCOC(C)C)c(=O)c(C(=O)N2CCCCCC2)c1. The fourth-order valence-corrected chi connectivity index (χ4v) is 3.47. The van der Waals surface area contributed by atoms with E-state index in [2.05, 4.69) is 19.2 Å². The fraction of sp³-hybridized carbons (Fsp3) is 0.682. The number of aromatic nitrogens is 1. The molecule has 29 heavy (non-hydrogen) atoms. The molecule has 0 unspecified atom stereocenters. The lowest BCUT2D eigenvalue weighted by molar-refractivity contribution is 0.0744. The third kappa shape index (κ3) is 6.99. The van der Waals surface area contributed by atoms with Crippen molar-refractivity contribution in [3.05, 3.63) is 33.7 Å². The number of carbonyl (C=O) groups excluding carboxylic acids is 2. The van der Waals surface area contributed by atoms with Gasteiger partial charge in [-0.2, -0.15) is 0 Å². The number of hydrogen-bond donors (Lipinski definition) is 1. The Morgan fingerprint density at radius 3 is 2.24 bits per heavy atom. The second-order valence-corrected chi connectivity index (χ2v) is 8.39. The topological polar surface area (TPSA) is 80.6 Å². The van der Waals surface area contributed by atoms with E-state index in [0.29, 0.717) is 38.7 Å². The molecule has 0 bridgehead atoms. The molecule has 7 nitrogen and oxygen atoms in total. The molecule has 2 heterocycles. The lowest BCUT2D eigenvalue weighted by atomic mass is 10.1. The van der Waals surface area contributed by atoms with Gasteiger partial charge in [0.25, 0.3) is 11.8 Å². The van der Waals surface area contributed by atoms with Gasteiger partial charge < -0.3 is 19.5 Å². The van der Waals surface area contributed by atoms with Crippen molar-refractivity contribution in [2.24, 2.45) is 5.92 Å². The molecule has 0 spiro atoms. The molecule has 0 aromatic carbocycles. The summed E-state index contributed by atoms with van der Waals surface area (Å²) in [6, 6.07) is 0. The van der Waals surface area contributed by atoms with Crippen LogP contribution in [0.2, 0.25) is 0 Å². The van der Waals surface area contributed by atoms with Crippen molar-refractivity contribution < 1.29 is 14.3 Å². The molecule has 1 fully saturated rings. The third-order valence-corrected chi connectivity index (χ3v) is 4.86. The highest BCUT2D eigenvalue weighted by atomic mass is 16.5. The maximum absolute atomic E-state index is 13.1. The van der Waals surface area contributed by atoms with Crippen molar-refractivity contribution in [3.63, 3.8) is 0 Å². The van der Waals surface area contributed by atoms with Crippen molar-refractivity contribution in [2.45, 2.75) is 66.0 Å². The molecular formula is C22H35N3O4. The molecule has 0 aliphatic carbocycles. The van der Waals surface area contributed by atoms with Crippen molar-refractivity contribution in [3.8, 4) is 0 Å². The Hall–Kier alpha value is -2.15. The van der Waals surface area contributed by atoms with Crippen molar-refractivity contribution in [1.82, 2.24) is 14.8 Å². The fourth-order valence-electron chi connectivity index (χ4n) is 3.47. The van der Waals surface area contributed by atoms with Crippen LogP contribution < -0.4 is 10.7 Å². The zero-order valence-electron chi connectivity index (χ0n) is 18.2. The second-order valence-electron chi connectivity index (χ2n) is 8.39. The van der Waals surface area contributed by atoms with Crippen LogP contribution in [-0.2, 0) is 11.3 Å². The second kappa shape index (κ2) is 11.1. The molecule has 1 aliphatic heterocycles. The van der Waals surface area contributed by atoms with Crippen molar-refractivity contribution in [2.75, 3.05) is 26.2 Å². The average molecular weight is 406 g/mol. The van der Waals surface area contributed by atoms with E-state index in [1.54, 1.807) is 21.9 Å². The number of amides is 2. The summed E-state index contributed by atoms with van der Waals surface area (Å²) in [4.78, 5) is 40.5. The summed E-state index contributed by atoms with van der Waals surface area (Å²) in [5.74, 6) is -0.424. The van der Waals surface area contributed by atoms with Gasteiger partial charge >= 0.3 is 0 Å². The van der Waals surface area contributed by atoms with Gasteiger partial charge in [-0.3, -0.25) is 14.4 Å². The third-order valence-electron chi connectivity index (χ3n) is 4.86. The molecule has 0 radical (unpaired) electrons. The van der Waals surface area contributed by atoms with Gasteiger partial charge in [0.15, 0.2) is 0 Å². The predicted octanol–water partition coefficient (Wildman–Crippen LogP) is 2.68. The highest BCUT2D eigenvalue weighted by molar-refractivity contribution is 5.99. The molecule has 2 rings (SSSR count). The van der Waals surface area contributed by atoms with Crippen LogP contribution in [0.1, 0.15) is 74.1 Å². The minimum absolute atomic E-state index is 0.0101. The van der Waals surface area contributed by atoms with Crippen LogP contribution in [0.5, 0.6) is 0 Å². The number of pyridine rings is 1. The van der Waals surface area contributed by atoms with Crippen LogP contribution in [0, 0.1) is 5.92 Å². The number of ether oxygens (including phenoxy) is 1. The summed E-state index contributed by atoms with van der Waals surface area (Å²) in [7, 11) is 0. The lowest BCUT2D eigenvalue weighted by Crippen LogP contribution is -2.39. The van der Waals surface area contributed by atoms with Crippen LogP contribution in [0.4, 0.5) is 0 Å².